The summed E-state index contributed by atoms with van der Waals surface area (Å²) >= 11 is 0.857. The number of carbonyl (C=O) groups excluding carboxylic acids is 1. The number of para-hydroxylation sites is 1. The van der Waals surface area contributed by atoms with Crippen LogP contribution in [0.25, 0.3) is 11.0 Å². The SMILES string of the molecule is CCOC(=O)c1cccc2c1nc(N)n2S(=O)(=O)c1nnc(NC)s1. The maximum atomic E-state index is 12.9. The van der Waals surface area contributed by atoms with Crippen molar-refractivity contribution in [1.29, 1.82) is 0 Å². The van der Waals surface area contributed by atoms with Crippen molar-refractivity contribution in [3.63, 3.8) is 0 Å². The van der Waals surface area contributed by atoms with Crippen LogP contribution in [0.4, 0.5) is 11.1 Å². The van der Waals surface area contributed by atoms with E-state index in [1.54, 1.807) is 14.0 Å². The van der Waals surface area contributed by atoms with Gasteiger partial charge in [-0.25, -0.2) is 9.78 Å². The number of ether oxygens (including phenoxy) is 1. The highest BCUT2D eigenvalue weighted by molar-refractivity contribution is 7.92. The topological polar surface area (TPSA) is 142 Å². The molecule has 3 rings (SSSR count). The summed E-state index contributed by atoms with van der Waals surface area (Å²) in [5.41, 5.74) is 6.25. The average Bonchev–Trinajstić information content (AvgIpc) is 3.18. The summed E-state index contributed by atoms with van der Waals surface area (Å²) in [6.45, 7) is 1.85. The zero-order valence-corrected chi connectivity index (χ0v) is 14.9. The molecule has 0 unspecified atom stereocenters. The van der Waals surface area contributed by atoms with Gasteiger partial charge in [0.05, 0.1) is 17.7 Å². The van der Waals surface area contributed by atoms with E-state index in [0.717, 1.165) is 15.3 Å². The number of hydrogen-bond acceptors (Lipinski definition) is 10. The third-order valence-corrected chi connectivity index (χ3v) is 6.25. The Morgan fingerprint density at radius 3 is 2.80 bits per heavy atom. The van der Waals surface area contributed by atoms with Crippen molar-refractivity contribution in [3.05, 3.63) is 23.8 Å². The van der Waals surface area contributed by atoms with Crippen molar-refractivity contribution in [2.75, 3.05) is 24.7 Å². The standard InChI is InChI=1S/C13H14N6O4S2/c1-3-23-10(20)7-5-4-6-8-9(7)16-11(14)19(8)25(21,22)13-18-17-12(15-2)24-13/h4-6H,3H2,1-2H3,(H2,14,16)(H,15,17). The molecule has 3 aromatic rings. The molecule has 2 aromatic heterocycles. The normalized spacial score (nSPS) is 11.6. The first-order valence-corrected chi connectivity index (χ1v) is 9.36. The molecule has 2 heterocycles. The monoisotopic (exact) mass is 382 g/mol. The molecule has 0 bridgehead atoms. The van der Waals surface area contributed by atoms with Crippen LogP contribution in [-0.4, -0.2) is 47.2 Å². The summed E-state index contributed by atoms with van der Waals surface area (Å²) in [5, 5.41) is 10.5. The lowest BCUT2D eigenvalue weighted by Crippen LogP contribution is -2.15. The maximum Gasteiger partial charge on any atom is 0.340 e. The van der Waals surface area contributed by atoms with Gasteiger partial charge in [-0.2, -0.15) is 12.4 Å². The van der Waals surface area contributed by atoms with Gasteiger partial charge >= 0.3 is 5.97 Å². The number of hydrogen-bond donors (Lipinski definition) is 2. The Balaban J connectivity index is 2.22. The molecule has 0 saturated heterocycles. The van der Waals surface area contributed by atoms with E-state index in [1.807, 2.05) is 0 Å². The second-order valence-corrected chi connectivity index (χ2v) is 7.69. The molecule has 0 amide bonds. The van der Waals surface area contributed by atoms with E-state index in [1.165, 1.54) is 18.2 Å². The summed E-state index contributed by atoms with van der Waals surface area (Å²) < 4.78 is 31.3. The van der Waals surface area contributed by atoms with Gasteiger partial charge in [-0.3, -0.25) is 0 Å². The van der Waals surface area contributed by atoms with Crippen molar-refractivity contribution >= 4 is 49.4 Å². The van der Waals surface area contributed by atoms with E-state index < -0.39 is 16.0 Å². The van der Waals surface area contributed by atoms with Gasteiger partial charge in [0.15, 0.2) is 0 Å². The minimum atomic E-state index is -4.11. The lowest BCUT2D eigenvalue weighted by atomic mass is 10.2. The Labute approximate surface area is 146 Å². The summed E-state index contributed by atoms with van der Waals surface area (Å²) in [5.74, 6) is -0.892. The zero-order chi connectivity index (χ0) is 18.2. The molecule has 25 heavy (non-hydrogen) atoms. The van der Waals surface area contributed by atoms with E-state index in [2.05, 4.69) is 20.5 Å². The van der Waals surface area contributed by atoms with Crippen LogP contribution >= 0.6 is 11.3 Å². The second kappa shape index (κ2) is 6.29. The number of nitrogens with two attached hydrogens (primary N) is 1. The summed E-state index contributed by atoms with van der Waals surface area (Å²) in [7, 11) is -2.51. The largest absolute Gasteiger partial charge is 0.462 e. The van der Waals surface area contributed by atoms with E-state index in [9.17, 15) is 13.2 Å². The molecule has 0 aliphatic heterocycles. The zero-order valence-electron chi connectivity index (χ0n) is 13.3. The Morgan fingerprint density at radius 1 is 1.40 bits per heavy atom. The third kappa shape index (κ3) is 2.78. The average molecular weight is 382 g/mol. The lowest BCUT2D eigenvalue weighted by Gasteiger charge is -2.05. The number of carbonyl (C=O) groups is 1. The highest BCUT2D eigenvalue weighted by Gasteiger charge is 2.29. The highest BCUT2D eigenvalue weighted by atomic mass is 32.2. The first-order chi connectivity index (χ1) is 11.9. The number of fused-ring (bicyclic) bond motifs is 1. The molecule has 0 fully saturated rings. The van der Waals surface area contributed by atoms with E-state index in [4.69, 9.17) is 10.5 Å². The van der Waals surface area contributed by atoms with Crippen LogP contribution in [0.15, 0.2) is 22.5 Å². The van der Waals surface area contributed by atoms with Gasteiger partial charge in [0.1, 0.15) is 5.52 Å². The van der Waals surface area contributed by atoms with Gasteiger partial charge in [0.2, 0.25) is 11.1 Å². The number of anilines is 2. The molecule has 3 N–H and O–H groups in total. The van der Waals surface area contributed by atoms with Gasteiger partial charge in [-0.15, -0.1) is 10.2 Å². The van der Waals surface area contributed by atoms with Crippen molar-refractivity contribution in [2.45, 2.75) is 11.3 Å². The molecule has 12 heteroatoms. The molecule has 0 spiro atoms. The minimum Gasteiger partial charge on any atom is -0.462 e. The molecule has 0 radical (unpaired) electrons. The number of nitrogens with one attached hydrogen (secondary N) is 1. The predicted molar refractivity (Wildman–Crippen MR) is 92.1 cm³/mol. The van der Waals surface area contributed by atoms with E-state index >= 15 is 0 Å². The van der Waals surface area contributed by atoms with Crippen LogP contribution in [0.1, 0.15) is 17.3 Å². The molecule has 132 valence electrons. The molecule has 1 aromatic carbocycles. The molecule has 0 aliphatic rings. The fraction of sp³-hybridized carbons (Fsp3) is 0.231. The summed E-state index contributed by atoms with van der Waals surface area (Å²) in [4.78, 5) is 16.1. The van der Waals surface area contributed by atoms with Gasteiger partial charge in [0.25, 0.3) is 14.4 Å². The van der Waals surface area contributed by atoms with Crippen LogP contribution < -0.4 is 11.1 Å². The first-order valence-electron chi connectivity index (χ1n) is 7.11. The number of nitrogens with zero attached hydrogens (tertiary/aromatic N) is 4. The van der Waals surface area contributed by atoms with E-state index in [-0.39, 0.29) is 33.5 Å². The van der Waals surface area contributed by atoms with Gasteiger partial charge in [-0.1, -0.05) is 17.4 Å². The number of rotatable bonds is 5. The lowest BCUT2D eigenvalue weighted by molar-refractivity contribution is 0.0528. The van der Waals surface area contributed by atoms with Gasteiger partial charge in [0, 0.05) is 7.05 Å². The molecule has 0 aliphatic carbocycles. The maximum absolute atomic E-state index is 12.9. The van der Waals surface area contributed by atoms with Crippen LogP contribution in [0.3, 0.4) is 0 Å². The van der Waals surface area contributed by atoms with Crippen molar-refractivity contribution < 1.29 is 17.9 Å². The molecular formula is C13H14N6O4S2. The fourth-order valence-electron chi connectivity index (χ4n) is 2.22. The molecule has 0 atom stereocenters. The van der Waals surface area contributed by atoms with Crippen molar-refractivity contribution in [2.24, 2.45) is 0 Å². The van der Waals surface area contributed by atoms with Crippen LogP contribution in [-0.2, 0) is 14.8 Å². The fourth-order valence-corrected chi connectivity index (χ4v) is 4.52. The quantitative estimate of drug-likeness (QED) is 0.616. The number of aromatic nitrogens is 4. The van der Waals surface area contributed by atoms with Crippen LogP contribution in [0.5, 0.6) is 0 Å². The first kappa shape index (κ1) is 17.1. The molecule has 10 nitrogen and oxygen atoms in total. The second-order valence-electron chi connectivity index (χ2n) is 4.76. The Bertz CT molecular complexity index is 1060. The third-order valence-electron chi connectivity index (χ3n) is 3.24. The summed E-state index contributed by atoms with van der Waals surface area (Å²) in [6.07, 6.45) is 0. The summed E-state index contributed by atoms with van der Waals surface area (Å²) in [6, 6.07) is 4.52. The van der Waals surface area contributed by atoms with Gasteiger partial charge in [-0.05, 0) is 19.1 Å². The van der Waals surface area contributed by atoms with Crippen LogP contribution in [0.2, 0.25) is 0 Å². The molecule has 0 saturated carbocycles. The smallest absolute Gasteiger partial charge is 0.340 e. The minimum absolute atomic E-state index is 0.133. The Morgan fingerprint density at radius 2 is 2.16 bits per heavy atom. The number of imidazole rings is 1. The number of esters is 1. The Kier molecular flexibility index (Phi) is 4.30. The van der Waals surface area contributed by atoms with Crippen LogP contribution in [0, 0.1) is 0 Å². The number of nitrogen functional groups attached to an aromatic ring is 1. The molecular weight excluding hydrogens is 368 g/mol. The van der Waals surface area contributed by atoms with Gasteiger partial charge < -0.3 is 15.8 Å². The Hall–Kier alpha value is -2.73. The predicted octanol–water partition coefficient (Wildman–Crippen LogP) is 0.925. The number of benzene rings is 1. The highest BCUT2D eigenvalue weighted by Crippen LogP contribution is 2.29. The van der Waals surface area contributed by atoms with E-state index in [0.29, 0.717) is 5.13 Å². The van der Waals surface area contributed by atoms with Crippen molar-refractivity contribution in [3.8, 4) is 0 Å². The van der Waals surface area contributed by atoms with Crippen molar-refractivity contribution in [1.82, 2.24) is 19.2 Å².